The SMILES string of the molecule is CCC(C)C1CCC(CC)C(CC)C2C(CC)C2CC1(C)C(C)C. The highest BCUT2D eigenvalue weighted by Gasteiger charge is 2.57. The van der Waals surface area contributed by atoms with E-state index >= 15 is 0 Å². The molecule has 2 aliphatic rings. The summed E-state index contributed by atoms with van der Waals surface area (Å²) in [5.41, 5.74) is 0.545. The topological polar surface area (TPSA) is 0 Å². The first kappa shape index (κ1) is 20.3. The lowest BCUT2D eigenvalue weighted by Crippen LogP contribution is -2.37. The van der Waals surface area contributed by atoms with E-state index in [4.69, 9.17) is 0 Å². The van der Waals surface area contributed by atoms with Crippen LogP contribution in [0, 0.1) is 52.8 Å². The molecule has 0 N–H and O–H groups in total. The highest BCUT2D eigenvalue weighted by atomic mass is 14.6. The van der Waals surface area contributed by atoms with Gasteiger partial charge in [0.15, 0.2) is 0 Å². The van der Waals surface area contributed by atoms with Crippen LogP contribution in [0.1, 0.15) is 100 Å². The molecule has 0 aliphatic heterocycles. The van der Waals surface area contributed by atoms with E-state index in [1.54, 1.807) is 0 Å². The second-order valence-electron chi connectivity index (χ2n) is 9.99. The van der Waals surface area contributed by atoms with Gasteiger partial charge in [0.25, 0.3) is 0 Å². The van der Waals surface area contributed by atoms with E-state index in [0.29, 0.717) is 5.41 Å². The molecule has 0 spiro atoms. The smallest absolute Gasteiger partial charge is 0.0269 e. The van der Waals surface area contributed by atoms with Gasteiger partial charge in [-0.1, -0.05) is 81.1 Å². The Kier molecular flexibility index (Phi) is 6.88. The Morgan fingerprint density at radius 3 is 1.96 bits per heavy atom. The largest absolute Gasteiger partial charge is 0.0651 e. The number of fused-ring (bicyclic) bond motifs is 1. The minimum Gasteiger partial charge on any atom is -0.0651 e. The third-order valence-corrected chi connectivity index (χ3v) is 8.99. The second-order valence-corrected chi connectivity index (χ2v) is 9.99. The van der Waals surface area contributed by atoms with Crippen molar-refractivity contribution >= 4 is 0 Å². The lowest BCUT2D eigenvalue weighted by atomic mass is 9.60. The van der Waals surface area contributed by atoms with Gasteiger partial charge in [-0.2, -0.15) is 0 Å². The number of rotatable bonds is 6. The summed E-state index contributed by atoms with van der Waals surface area (Å²) in [6, 6.07) is 0. The Morgan fingerprint density at radius 2 is 1.50 bits per heavy atom. The fourth-order valence-electron chi connectivity index (χ4n) is 6.88. The van der Waals surface area contributed by atoms with Crippen molar-refractivity contribution in [3.05, 3.63) is 0 Å². The van der Waals surface area contributed by atoms with Crippen LogP contribution >= 0.6 is 0 Å². The summed E-state index contributed by atoms with van der Waals surface area (Å²) in [5, 5.41) is 0. The van der Waals surface area contributed by atoms with Crippen LogP contribution in [0.25, 0.3) is 0 Å². The fourth-order valence-corrected chi connectivity index (χ4v) is 6.88. The molecular formula is C24H46. The predicted octanol–water partition coefficient (Wildman–Crippen LogP) is 7.82. The van der Waals surface area contributed by atoms with Crippen LogP contribution < -0.4 is 0 Å². The molecule has 0 radical (unpaired) electrons. The molecular weight excluding hydrogens is 288 g/mol. The van der Waals surface area contributed by atoms with Gasteiger partial charge in [-0.3, -0.25) is 0 Å². The van der Waals surface area contributed by atoms with Crippen LogP contribution in [0.3, 0.4) is 0 Å². The van der Waals surface area contributed by atoms with Crippen LogP contribution in [-0.2, 0) is 0 Å². The summed E-state index contributed by atoms with van der Waals surface area (Å²) < 4.78 is 0. The van der Waals surface area contributed by atoms with Crippen molar-refractivity contribution in [2.75, 3.05) is 0 Å². The zero-order valence-electron chi connectivity index (χ0n) is 18.1. The van der Waals surface area contributed by atoms with Crippen LogP contribution in [-0.4, -0.2) is 0 Å². The number of hydrogen-bond donors (Lipinski definition) is 0. The Hall–Kier alpha value is 0. The van der Waals surface area contributed by atoms with Gasteiger partial charge in [0.2, 0.25) is 0 Å². The summed E-state index contributed by atoms with van der Waals surface area (Å²) in [4.78, 5) is 0. The minimum absolute atomic E-state index is 0.545. The normalized spacial score (nSPS) is 44.4. The molecule has 2 fully saturated rings. The molecule has 0 bridgehead atoms. The Balaban J connectivity index is 2.37. The average molecular weight is 335 g/mol. The molecule has 2 rings (SSSR count). The molecule has 0 aromatic rings. The van der Waals surface area contributed by atoms with Crippen molar-refractivity contribution in [1.82, 2.24) is 0 Å². The molecule has 2 saturated carbocycles. The average Bonchev–Trinajstić information content (AvgIpc) is 3.23. The molecule has 0 heteroatoms. The van der Waals surface area contributed by atoms with Gasteiger partial charge in [-0.15, -0.1) is 0 Å². The van der Waals surface area contributed by atoms with E-state index in [1.807, 2.05) is 0 Å². The molecule has 0 saturated heterocycles. The molecule has 0 amide bonds. The summed E-state index contributed by atoms with van der Waals surface area (Å²) in [5.74, 6) is 7.74. The molecule has 8 atom stereocenters. The second kappa shape index (κ2) is 8.13. The monoisotopic (exact) mass is 334 g/mol. The third-order valence-electron chi connectivity index (χ3n) is 8.99. The quantitative estimate of drug-likeness (QED) is 0.464. The summed E-state index contributed by atoms with van der Waals surface area (Å²) in [7, 11) is 0. The van der Waals surface area contributed by atoms with E-state index < -0.39 is 0 Å². The maximum absolute atomic E-state index is 2.67. The Bertz CT molecular complexity index is 383. The van der Waals surface area contributed by atoms with Gasteiger partial charge >= 0.3 is 0 Å². The van der Waals surface area contributed by atoms with E-state index in [0.717, 1.165) is 47.3 Å². The third kappa shape index (κ3) is 3.59. The highest BCUT2D eigenvalue weighted by molar-refractivity contribution is 5.05. The van der Waals surface area contributed by atoms with Crippen molar-refractivity contribution in [2.24, 2.45) is 52.8 Å². The molecule has 24 heavy (non-hydrogen) atoms. The van der Waals surface area contributed by atoms with E-state index in [9.17, 15) is 0 Å². The zero-order chi connectivity index (χ0) is 18.1. The van der Waals surface area contributed by atoms with Crippen LogP contribution in [0.2, 0.25) is 0 Å². The van der Waals surface area contributed by atoms with Crippen LogP contribution in [0.15, 0.2) is 0 Å². The lowest BCUT2D eigenvalue weighted by molar-refractivity contribution is 0.0411. The van der Waals surface area contributed by atoms with Crippen molar-refractivity contribution in [3.8, 4) is 0 Å². The molecule has 2 aliphatic carbocycles. The van der Waals surface area contributed by atoms with Gasteiger partial charge in [0.1, 0.15) is 0 Å². The molecule has 0 nitrogen and oxygen atoms in total. The maximum atomic E-state index is 2.67. The molecule has 0 heterocycles. The van der Waals surface area contributed by atoms with Gasteiger partial charge < -0.3 is 0 Å². The van der Waals surface area contributed by atoms with E-state index in [2.05, 4.69) is 55.4 Å². The van der Waals surface area contributed by atoms with Crippen molar-refractivity contribution in [1.29, 1.82) is 0 Å². The zero-order valence-corrected chi connectivity index (χ0v) is 18.1. The number of hydrogen-bond acceptors (Lipinski definition) is 0. The van der Waals surface area contributed by atoms with Crippen molar-refractivity contribution in [2.45, 2.75) is 100 Å². The summed E-state index contributed by atoms with van der Waals surface area (Å²) in [6.07, 6.45) is 10.1. The summed E-state index contributed by atoms with van der Waals surface area (Å²) >= 11 is 0. The van der Waals surface area contributed by atoms with Crippen LogP contribution in [0.4, 0.5) is 0 Å². The Morgan fingerprint density at radius 1 is 0.875 bits per heavy atom. The first-order chi connectivity index (χ1) is 11.3. The fraction of sp³-hybridized carbons (Fsp3) is 1.00. The van der Waals surface area contributed by atoms with Gasteiger partial charge in [0, 0.05) is 0 Å². The predicted molar refractivity (Wildman–Crippen MR) is 108 cm³/mol. The van der Waals surface area contributed by atoms with Gasteiger partial charge in [-0.25, -0.2) is 0 Å². The maximum Gasteiger partial charge on any atom is -0.0269 e. The first-order valence-corrected chi connectivity index (χ1v) is 11.3. The van der Waals surface area contributed by atoms with E-state index in [1.165, 1.54) is 44.9 Å². The van der Waals surface area contributed by atoms with Crippen molar-refractivity contribution in [3.63, 3.8) is 0 Å². The van der Waals surface area contributed by atoms with Gasteiger partial charge in [-0.05, 0) is 72.0 Å². The highest BCUT2D eigenvalue weighted by Crippen LogP contribution is 2.64. The molecule has 0 aromatic heterocycles. The Labute approximate surface area is 153 Å². The lowest BCUT2D eigenvalue weighted by Gasteiger charge is -2.45. The first-order valence-electron chi connectivity index (χ1n) is 11.3. The van der Waals surface area contributed by atoms with E-state index in [-0.39, 0.29) is 0 Å². The van der Waals surface area contributed by atoms with Crippen LogP contribution in [0.5, 0.6) is 0 Å². The van der Waals surface area contributed by atoms with Crippen molar-refractivity contribution < 1.29 is 0 Å². The molecule has 8 unspecified atom stereocenters. The summed E-state index contributed by atoms with van der Waals surface area (Å²) in [6.45, 7) is 20.0. The molecule has 142 valence electrons. The molecule has 0 aromatic carbocycles. The standard InChI is InChI=1S/C24H46/c1-9-17(7)22-14-13-18(10-2)19(11-3)23-20(12-4)21(23)15-24(22,8)16(5)6/h16-23H,9-15H2,1-8H3. The minimum atomic E-state index is 0.545. The van der Waals surface area contributed by atoms with Gasteiger partial charge in [0.05, 0.1) is 0 Å².